The molecule has 0 bridgehead atoms. The smallest absolute Gasteiger partial charge is 0.142 e. The summed E-state index contributed by atoms with van der Waals surface area (Å²) in [5.74, 6) is 1.30. The van der Waals surface area contributed by atoms with Gasteiger partial charge in [-0.15, -0.1) is 0 Å². The molecule has 1 N–H and O–H groups in total. The normalized spacial score (nSPS) is 14.8. The third-order valence-corrected chi connectivity index (χ3v) is 6.97. The average molecular weight is 436 g/mol. The fraction of sp³-hybridized carbons (Fsp3) is 0.208. The van der Waals surface area contributed by atoms with Crippen LogP contribution in [-0.2, 0) is 10.8 Å². The zero-order valence-corrected chi connectivity index (χ0v) is 17.9. The number of hydrogen-bond donors (Lipinski definition) is 1. The van der Waals surface area contributed by atoms with Gasteiger partial charge in [0, 0.05) is 35.1 Å². The first-order valence-corrected chi connectivity index (χ1v) is 11.4. The molecule has 0 unspecified atom stereocenters. The average Bonchev–Trinajstić information content (AvgIpc) is 3.48. The lowest BCUT2D eigenvalue weighted by Gasteiger charge is -2.20. The van der Waals surface area contributed by atoms with Gasteiger partial charge in [-0.3, -0.25) is 0 Å². The van der Waals surface area contributed by atoms with E-state index >= 15 is 0 Å². The van der Waals surface area contributed by atoms with Crippen LogP contribution in [0, 0.1) is 5.82 Å². The monoisotopic (exact) mass is 435 g/mol. The van der Waals surface area contributed by atoms with Crippen molar-refractivity contribution in [3.8, 4) is 17.0 Å². The Morgan fingerprint density at radius 1 is 1.06 bits per heavy atom. The Hall–Kier alpha value is -3.19. The first-order valence-electron chi connectivity index (χ1n) is 10.2. The molecule has 0 amide bonds. The highest BCUT2D eigenvalue weighted by Crippen LogP contribution is 2.36. The molecule has 0 radical (unpaired) electrons. The van der Waals surface area contributed by atoms with Crippen LogP contribution in [0.1, 0.15) is 12.8 Å². The molecular formula is C24H22FN3O2S. The SMILES string of the molecule is COc1cccc2cc(-c3cc([S@](=O)c4ccc(F)cc4)cnc3N3CCCC3)[nH]c12. The molecule has 4 aromatic rings. The molecule has 1 atom stereocenters. The maximum Gasteiger partial charge on any atom is 0.142 e. The zero-order chi connectivity index (χ0) is 21.4. The Bertz CT molecular complexity index is 1260. The number of aromatic amines is 1. The summed E-state index contributed by atoms with van der Waals surface area (Å²) in [7, 11) is 0.193. The van der Waals surface area contributed by atoms with Crippen molar-refractivity contribution in [2.45, 2.75) is 22.6 Å². The fourth-order valence-corrected chi connectivity index (χ4v) is 5.09. The molecule has 1 aliphatic heterocycles. The maximum atomic E-state index is 13.3. The highest BCUT2D eigenvalue weighted by Gasteiger charge is 2.21. The highest BCUT2D eigenvalue weighted by atomic mass is 32.2. The van der Waals surface area contributed by atoms with Gasteiger partial charge in [0.1, 0.15) is 17.4 Å². The number of benzene rings is 2. The predicted molar refractivity (Wildman–Crippen MR) is 121 cm³/mol. The lowest BCUT2D eigenvalue weighted by molar-refractivity contribution is 0.419. The van der Waals surface area contributed by atoms with Crippen LogP contribution < -0.4 is 9.64 Å². The maximum absolute atomic E-state index is 13.3. The third kappa shape index (κ3) is 3.70. The van der Waals surface area contributed by atoms with Crippen molar-refractivity contribution in [1.82, 2.24) is 9.97 Å². The number of pyridine rings is 1. The van der Waals surface area contributed by atoms with E-state index in [1.54, 1.807) is 25.4 Å². The van der Waals surface area contributed by atoms with E-state index in [1.165, 1.54) is 12.1 Å². The topological polar surface area (TPSA) is 58.2 Å². The van der Waals surface area contributed by atoms with Gasteiger partial charge in [-0.05, 0) is 55.3 Å². The first kappa shape index (κ1) is 19.8. The number of rotatable bonds is 5. The second-order valence-electron chi connectivity index (χ2n) is 7.57. The van der Waals surface area contributed by atoms with Crippen molar-refractivity contribution < 1.29 is 13.3 Å². The van der Waals surface area contributed by atoms with Gasteiger partial charge in [0.15, 0.2) is 0 Å². The summed E-state index contributed by atoms with van der Waals surface area (Å²) < 4.78 is 31.9. The van der Waals surface area contributed by atoms with Crippen LogP contribution in [-0.4, -0.2) is 34.4 Å². The lowest BCUT2D eigenvalue weighted by atomic mass is 10.1. The Morgan fingerprint density at radius 3 is 2.58 bits per heavy atom. The molecule has 158 valence electrons. The number of hydrogen-bond acceptors (Lipinski definition) is 4. The first-order chi connectivity index (χ1) is 15.1. The van der Waals surface area contributed by atoms with Crippen LogP contribution in [0.4, 0.5) is 10.2 Å². The molecule has 1 aliphatic rings. The van der Waals surface area contributed by atoms with Gasteiger partial charge in [0.05, 0.1) is 34.0 Å². The van der Waals surface area contributed by atoms with Gasteiger partial charge in [-0.2, -0.15) is 0 Å². The van der Waals surface area contributed by atoms with Gasteiger partial charge < -0.3 is 14.6 Å². The molecule has 31 heavy (non-hydrogen) atoms. The summed E-state index contributed by atoms with van der Waals surface area (Å²) in [5.41, 5.74) is 2.71. The van der Waals surface area contributed by atoms with Crippen molar-refractivity contribution in [3.63, 3.8) is 0 Å². The van der Waals surface area contributed by atoms with E-state index in [0.717, 1.165) is 59.7 Å². The number of fused-ring (bicyclic) bond motifs is 1. The minimum absolute atomic E-state index is 0.351. The Labute approximate surface area is 182 Å². The number of halogens is 1. The van der Waals surface area contributed by atoms with Crippen LogP contribution in [0.5, 0.6) is 5.75 Å². The molecule has 1 saturated heterocycles. The van der Waals surface area contributed by atoms with Crippen LogP contribution >= 0.6 is 0 Å². The number of H-pyrrole nitrogens is 1. The number of para-hydroxylation sites is 1. The number of anilines is 1. The van der Waals surface area contributed by atoms with Gasteiger partial charge in [0.2, 0.25) is 0 Å². The summed E-state index contributed by atoms with van der Waals surface area (Å²) in [5, 5.41) is 1.03. The molecule has 0 aliphatic carbocycles. The third-order valence-electron chi connectivity index (χ3n) is 5.62. The second kappa shape index (κ2) is 8.15. The van der Waals surface area contributed by atoms with E-state index in [2.05, 4.69) is 16.0 Å². The van der Waals surface area contributed by atoms with E-state index in [1.807, 2.05) is 24.3 Å². The van der Waals surface area contributed by atoms with E-state index < -0.39 is 10.8 Å². The summed E-state index contributed by atoms with van der Waals surface area (Å²) in [6.45, 7) is 1.90. The molecule has 0 saturated carbocycles. The van der Waals surface area contributed by atoms with E-state index in [4.69, 9.17) is 9.72 Å². The zero-order valence-electron chi connectivity index (χ0n) is 17.1. The summed E-state index contributed by atoms with van der Waals surface area (Å²) in [6, 6.07) is 15.6. The van der Waals surface area contributed by atoms with Crippen LogP contribution in [0.15, 0.2) is 70.6 Å². The van der Waals surface area contributed by atoms with Crippen LogP contribution in [0.3, 0.4) is 0 Å². The molecule has 2 aromatic heterocycles. The Kier molecular flexibility index (Phi) is 5.19. The summed E-state index contributed by atoms with van der Waals surface area (Å²) in [6.07, 6.45) is 3.93. The Balaban J connectivity index is 1.64. The van der Waals surface area contributed by atoms with Crippen LogP contribution in [0.25, 0.3) is 22.2 Å². The second-order valence-corrected chi connectivity index (χ2v) is 9.05. The largest absolute Gasteiger partial charge is 0.495 e. The van der Waals surface area contributed by atoms with Gasteiger partial charge in [-0.1, -0.05) is 12.1 Å². The minimum atomic E-state index is -1.46. The molecule has 3 heterocycles. The van der Waals surface area contributed by atoms with Crippen LogP contribution in [0.2, 0.25) is 0 Å². The summed E-state index contributed by atoms with van der Waals surface area (Å²) in [4.78, 5) is 11.6. The molecule has 5 nitrogen and oxygen atoms in total. The molecule has 0 spiro atoms. The number of nitrogens with zero attached hydrogens (tertiary/aromatic N) is 2. The van der Waals surface area contributed by atoms with E-state index in [0.29, 0.717) is 9.79 Å². The molecule has 5 rings (SSSR count). The van der Waals surface area contributed by atoms with E-state index in [-0.39, 0.29) is 5.82 Å². The minimum Gasteiger partial charge on any atom is -0.495 e. The highest BCUT2D eigenvalue weighted by molar-refractivity contribution is 7.85. The number of ether oxygens (including phenoxy) is 1. The molecule has 1 fully saturated rings. The van der Waals surface area contributed by atoms with Crippen molar-refractivity contribution in [1.29, 1.82) is 0 Å². The van der Waals surface area contributed by atoms with Gasteiger partial charge >= 0.3 is 0 Å². The molecule has 7 heteroatoms. The van der Waals surface area contributed by atoms with Crippen molar-refractivity contribution in [2.75, 3.05) is 25.1 Å². The fourth-order valence-electron chi connectivity index (χ4n) is 4.06. The predicted octanol–water partition coefficient (Wildman–Crippen LogP) is 5.14. The van der Waals surface area contributed by atoms with Crippen molar-refractivity contribution in [2.24, 2.45) is 0 Å². The molecular weight excluding hydrogens is 413 g/mol. The number of nitrogens with one attached hydrogen (secondary N) is 1. The quantitative estimate of drug-likeness (QED) is 0.471. The molecule has 2 aromatic carbocycles. The van der Waals surface area contributed by atoms with Crippen molar-refractivity contribution >= 4 is 27.5 Å². The van der Waals surface area contributed by atoms with Gasteiger partial charge in [0.25, 0.3) is 0 Å². The number of methoxy groups -OCH3 is 1. The Morgan fingerprint density at radius 2 is 1.84 bits per heavy atom. The standard InChI is InChI=1S/C24H22FN3O2S/c1-30-22-6-4-5-16-13-21(27-23(16)22)20-14-19(15-26-24(20)28-11-2-3-12-28)31(29)18-9-7-17(25)8-10-18/h4-10,13-15,27H,2-3,11-12H2,1H3/t31-/m1/s1. The lowest BCUT2D eigenvalue weighted by Crippen LogP contribution is -2.20. The van der Waals surface area contributed by atoms with Crippen molar-refractivity contribution in [3.05, 3.63) is 66.6 Å². The summed E-state index contributed by atoms with van der Waals surface area (Å²) >= 11 is 0. The number of aromatic nitrogens is 2. The van der Waals surface area contributed by atoms with Gasteiger partial charge in [-0.25, -0.2) is 13.6 Å². The van der Waals surface area contributed by atoms with E-state index in [9.17, 15) is 8.60 Å².